The molecule has 2 aliphatic rings. The van der Waals surface area contributed by atoms with Crippen molar-refractivity contribution in [2.45, 2.75) is 5.41 Å². The van der Waals surface area contributed by atoms with E-state index in [1.165, 1.54) is 50.3 Å². The minimum absolute atomic E-state index is 0.553. The van der Waals surface area contributed by atoms with E-state index in [9.17, 15) is 0 Å². The van der Waals surface area contributed by atoms with Gasteiger partial charge >= 0.3 is 0 Å². The molecule has 8 aromatic carbocycles. The molecule has 0 unspecified atom stereocenters. The van der Waals surface area contributed by atoms with E-state index >= 15 is 0 Å². The van der Waals surface area contributed by atoms with Crippen molar-refractivity contribution in [2.75, 3.05) is 4.90 Å². The molecule has 11 rings (SSSR count). The Morgan fingerprint density at radius 1 is 0.304 bits per heavy atom. The zero-order chi connectivity index (χ0) is 37.1. The highest BCUT2D eigenvalue weighted by Gasteiger charge is 2.52. The van der Waals surface area contributed by atoms with Gasteiger partial charge in [-0.15, -0.1) is 0 Å². The lowest BCUT2D eigenvalue weighted by Gasteiger charge is -2.45. The van der Waals surface area contributed by atoms with Gasteiger partial charge in [-0.2, -0.15) is 0 Å². The molecule has 1 aliphatic carbocycles. The molecule has 0 saturated carbocycles. The fraction of sp³-hybridized carbons (Fsp3) is 0.0192. The number of hydrogen-bond donors (Lipinski definition) is 0. The summed E-state index contributed by atoms with van der Waals surface area (Å²) in [6.07, 6.45) is 0. The van der Waals surface area contributed by atoms with Crippen LogP contribution in [-0.2, 0) is 5.41 Å². The summed E-state index contributed by atoms with van der Waals surface area (Å²) in [5.74, 6) is 1.94. The normalized spacial score (nSPS) is 13.1. The molecule has 2 heterocycles. The lowest BCUT2D eigenvalue weighted by molar-refractivity contribution is 0.754. The summed E-state index contributed by atoms with van der Waals surface area (Å²) in [4.78, 5) is 17.4. The molecule has 262 valence electrons. The van der Waals surface area contributed by atoms with Crippen molar-refractivity contribution in [3.05, 3.63) is 229 Å². The molecule has 1 spiro atoms. The van der Waals surface area contributed by atoms with Crippen molar-refractivity contribution >= 4 is 17.1 Å². The van der Waals surface area contributed by atoms with Crippen LogP contribution in [0, 0.1) is 0 Å². The van der Waals surface area contributed by atoms with E-state index in [1.807, 2.05) is 60.7 Å². The van der Waals surface area contributed by atoms with E-state index in [1.54, 1.807) is 0 Å². The average molecular weight is 715 g/mol. The van der Waals surface area contributed by atoms with E-state index in [-0.39, 0.29) is 0 Å². The third-order valence-electron chi connectivity index (χ3n) is 11.3. The summed E-state index contributed by atoms with van der Waals surface area (Å²) in [5.41, 5.74) is 15.8. The second kappa shape index (κ2) is 12.9. The van der Waals surface area contributed by atoms with E-state index in [0.717, 1.165) is 27.9 Å². The third-order valence-corrected chi connectivity index (χ3v) is 11.3. The van der Waals surface area contributed by atoms with Crippen LogP contribution in [0.1, 0.15) is 22.3 Å². The van der Waals surface area contributed by atoms with Gasteiger partial charge < -0.3 is 4.90 Å². The summed E-state index contributed by atoms with van der Waals surface area (Å²) in [5, 5.41) is 0. The lowest BCUT2D eigenvalue weighted by atomic mass is 9.63. The van der Waals surface area contributed by atoms with Crippen LogP contribution in [0.4, 0.5) is 17.1 Å². The van der Waals surface area contributed by atoms with E-state index in [4.69, 9.17) is 15.0 Å². The van der Waals surface area contributed by atoms with Crippen LogP contribution >= 0.6 is 0 Å². The van der Waals surface area contributed by atoms with Gasteiger partial charge in [-0.05, 0) is 68.8 Å². The molecule has 0 saturated heterocycles. The zero-order valence-electron chi connectivity index (χ0n) is 30.4. The van der Waals surface area contributed by atoms with Crippen molar-refractivity contribution in [3.63, 3.8) is 0 Å². The Balaban J connectivity index is 1.11. The van der Waals surface area contributed by atoms with Gasteiger partial charge in [0.2, 0.25) is 0 Å². The maximum Gasteiger partial charge on any atom is 0.164 e. The van der Waals surface area contributed by atoms with Crippen LogP contribution in [0.2, 0.25) is 0 Å². The largest absolute Gasteiger partial charge is 0.310 e. The molecule has 1 aromatic heterocycles. The molecule has 0 N–H and O–H groups in total. The highest BCUT2D eigenvalue weighted by molar-refractivity contribution is 5.99. The standard InChI is InChI=1S/C52H34N4/c1-4-17-36(18-5-1)49-53-50(37-19-6-2-7-20-37)55-51(54-49)38-33-31-35(32-34-38)40-24-16-25-42-41-23-10-11-26-43(41)52(48(40)42)44-27-12-14-29-46(44)56(39-21-8-3-9-22-39)47-30-15-13-28-45(47)52/h1-34H. The molecule has 0 bridgehead atoms. The zero-order valence-corrected chi connectivity index (χ0v) is 30.4. The first-order chi connectivity index (χ1) is 27.8. The molecule has 0 amide bonds. The van der Waals surface area contributed by atoms with E-state index in [2.05, 4.69) is 150 Å². The van der Waals surface area contributed by atoms with Crippen molar-refractivity contribution in [2.24, 2.45) is 0 Å². The predicted molar refractivity (Wildman–Crippen MR) is 227 cm³/mol. The van der Waals surface area contributed by atoms with Crippen LogP contribution < -0.4 is 4.90 Å². The minimum atomic E-state index is -0.553. The highest BCUT2D eigenvalue weighted by atomic mass is 15.2. The monoisotopic (exact) mass is 714 g/mol. The minimum Gasteiger partial charge on any atom is -0.310 e. The quantitative estimate of drug-likeness (QED) is 0.178. The maximum atomic E-state index is 5.01. The van der Waals surface area contributed by atoms with Gasteiger partial charge in [-0.3, -0.25) is 0 Å². The second-order valence-corrected chi connectivity index (χ2v) is 14.3. The van der Waals surface area contributed by atoms with Crippen LogP contribution in [0.25, 0.3) is 56.4 Å². The number of fused-ring (bicyclic) bond motifs is 9. The Morgan fingerprint density at radius 3 is 1.29 bits per heavy atom. The number of benzene rings is 8. The number of hydrogen-bond acceptors (Lipinski definition) is 4. The fourth-order valence-corrected chi connectivity index (χ4v) is 9.00. The van der Waals surface area contributed by atoms with Gasteiger partial charge in [0.05, 0.1) is 16.8 Å². The Morgan fingerprint density at radius 2 is 0.714 bits per heavy atom. The first-order valence-corrected chi connectivity index (χ1v) is 19.0. The van der Waals surface area contributed by atoms with E-state index < -0.39 is 5.41 Å². The van der Waals surface area contributed by atoms with Gasteiger partial charge in [0.1, 0.15) is 0 Å². The predicted octanol–water partition coefficient (Wildman–Crippen LogP) is 12.7. The first-order valence-electron chi connectivity index (χ1n) is 19.0. The summed E-state index contributed by atoms with van der Waals surface area (Å²) in [7, 11) is 0. The van der Waals surface area contributed by atoms with Crippen molar-refractivity contribution < 1.29 is 0 Å². The lowest BCUT2D eigenvalue weighted by Crippen LogP contribution is -2.36. The van der Waals surface area contributed by atoms with Gasteiger partial charge in [0.25, 0.3) is 0 Å². The molecule has 0 fully saturated rings. The Bertz CT molecular complexity index is 2800. The smallest absolute Gasteiger partial charge is 0.164 e. The number of nitrogens with zero attached hydrogens (tertiary/aromatic N) is 4. The van der Waals surface area contributed by atoms with Crippen molar-refractivity contribution in [1.82, 2.24) is 15.0 Å². The van der Waals surface area contributed by atoms with E-state index in [0.29, 0.717) is 17.5 Å². The summed E-state index contributed by atoms with van der Waals surface area (Å²) < 4.78 is 0. The van der Waals surface area contributed by atoms with Gasteiger partial charge in [0.15, 0.2) is 17.5 Å². The molecule has 0 radical (unpaired) electrons. The highest BCUT2D eigenvalue weighted by Crippen LogP contribution is 2.64. The average Bonchev–Trinajstić information content (AvgIpc) is 3.58. The van der Waals surface area contributed by atoms with Crippen LogP contribution in [-0.4, -0.2) is 15.0 Å². The van der Waals surface area contributed by atoms with Crippen LogP contribution in [0.3, 0.4) is 0 Å². The number of aromatic nitrogens is 3. The van der Waals surface area contributed by atoms with Gasteiger partial charge in [-0.1, -0.05) is 182 Å². The van der Waals surface area contributed by atoms with Gasteiger partial charge in [-0.25, -0.2) is 15.0 Å². The van der Waals surface area contributed by atoms with Gasteiger partial charge in [0, 0.05) is 22.4 Å². The first kappa shape index (κ1) is 32.0. The number of rotatable bonds is 5. The summed E-state index contributed by atoms with van der Waals surface area (Å²) >= 11 is 0. The molecule has 4 heteroatoms. The van der Waals surface area contributed by atoms with Crippen molar-refractivity contribution in [1.29, 1.82) is 0 Å². The van der Waals surface area contributed by atoms with Crippen molar-refractivity contribution in [3.8, 4) is 56.4 Å². The molecule has 1 aliphatic heterocycles. The molecule has 0 atom stereocenters. The maximum absolute atomic E-state index is 5.01. The van der Waals surface area contributed by atoms with Crippen LogP contribution in [0.15, 0.2) is 206 Å². The Labute approximate surface area is 326 Å². The Hall–Kier alpha value is -7.43. The Kier molecular flexibility index (Phi) is 7.36. The van der Waals surface area contributed by atoms with Crippen LogP contribution in [0.5, 0.6) is 0 Å². The second-order valence-electron chi connectivity index (χ2n) is 14.3. The molecular weight excluding hydrogens is 681 g/mol. The topological polar surface area (TPSA) is 41.9 Å². The summed E-state index contributed by atoms with van der Waals surface area (Å²) in [6, 6.07) is 73.5. The molecular formula is C52H34N4. The molecule has 56 heavy (non-hydrogen) atoms. The molecule has 9 aromatic rings. The summed E-state index contributed by atoms with van der Waals surface area (Å²) in [6.45, 7) is 0. The molecule has 4 nitrogen and oxygen atoms in total. The third kappa shape index (κ3) is 4.83. The fourth-order valence-electron chi connectivity index (χ4n) is 9.00. The SMILES string of the molecule is c1ccc(-c2nc(-c3ccccc3)nc(-c3ccc(-c4cccc5c4C4(c6ccccc6-5)c5ccccc5N(c5ccccc5)c5ccccc54)cc3)n2)cc1. The number of anilines is 3. The number of para-hydroxylation sites is 3.